The van der Waals surface area contributed by atoms with Crippen molar-refractivity contribution in [2.24, 2.45) is 12.0 Å². The van der Waals surface area contributed by atoms with Gasteiger partial charge in [0.1, 0.15) is 0 Å². The number of aryl methyl sites for hydroxylation is 1. The van der Waals surface area contributed by atoms with Crippen LogP contribution in [0.25, 0.3) is 0 Å². The summed E-state index contributed by atoms with van der Waals surface area (Å²) < 4.78 is 26.9. The van der Waals surface area contributed by atoms with Crippen LogP contribution in [0.1, 0.15) is 26.0 Å². The second kappa shape index (κ2) is 9.68. The van der Waals surface area contributed by atoms with Crippen molar-refractivity contribution in [2.45, 2.75) is 26.8 Å². The lowest BCUT2D eigenvalue weighted by atomic mass is 10.4. The highest BCUT2D eigenvalue weighted by Gasteiger charge is 2.14. The Morgan fingerprint density at radius 2 is 2.04 bits per heavy atom. The van der Waals surface area contributed by atoms with E-state index >= 15 is 0 Å². The first kappa shape index (κ1) is 20.5. The van der Waals surface area contributed by atoms with Crippen LogP contribution < -0.4 is 5.32 Å². The Morgan fingerprint density at radius 3 is 2.58 bits per heavy atom. The molecule has 0 amide bonds. The summed E-state index contributed by atoms with van der Waals surface area (Å²) in [6.45, 7) is 6.32. The van der Waals surface area contributed by atoms with Gasteiger partial charge in [-0.25, -0.2) is 12.7 Å². The summed E-state index contributed by atoms with van der Waals surface area (Å²) in [6.07, 6.45) is 2.72. The Morgan fingerprint density at radius 1 is 1.33 bits per heavy atom. The van der Waals surface area contributed by atoms with Crippen LogP contribution >= 0.6 is 0 Å². The van der Waals surface area contributed by atoms with Crippen molar-refractivity contribution in [1.29, 1.82) is 0 Å². The first-order valence-electron chi connectivity index (χ1n) is 8.35. The van der Waals surface area contributed by atoms with Gasteiger partial charge in [-0.05, 0) is 32.4 Å². The zero-order valence-corrected chi connectivity index (χ0v) is 16.3. The first-order chi connectivity index (χ1) is 11.3. The highest BCUT2D eigenvalue weighted by molar-refractivity contribution is 7.89. The summed E-state index contributed by atoms with van der Waals surface area (Å²) >= 11 is 0. The van der Waals surface area contributed by atoms with Crippen LogP contribution in [-0.4, -0.2) is 67.6 Å². The molecule has 1 rings (SSSR count). The summed E-state index contributed by atoms with van der Waals surface area (Å²) in [4.78, 5) is 6.68. The predicted molar refractivity (Wildman–Crippen MR) is 99.6 cm³/mol. The van der Waals surface area contributed by atoms with Crippen LogP contribution in [0.2, 0.25) is 0 Å². The van der Waals surface area contributed by atoms with Crippen LogP contribution in [0.15, 0.2) is 23.3 Å². The Balaban J connectivity index is 2.57. The average molecular weight is 358 g/mol. The molecule has 1 N–H and O–H groups in total. The van der Waals surface area contributed by atoms with E-state index in [4.69, 9.17) is 0 Å². The van der Waals surface area contributed by atoms with E-state index in [0.29, 0.717) is 19.5 Å². The summed E-state index contributed by atoms with van der Waals surface area (Å²) in [5.41, 5.74) is 1.21. The lowest BCUT2D eigenvalue weighted by molar-refractivity contribution is 0.453. The van der Waals surface area contributed by atoms with Crippen molar-refractivity contribution in [2.75, 3.05) is 39.5 Å². The molecular formula is C16H31N5O2S. The second-order valence-electron chi connectivity index (χ2n) is 5.78. The third kappa shape index (κ3) is 6.16. The van der Waals surface area contributed by atoms with Crippen molar-refractivity contribution < 1.29 is 8.42 Å². The van der Waals surface area contributed by atoms with Gasteiger partial charge in [-0.3, -0.25) is 4.99 Å². The smallest absolute Gasteiger partial charge is 0.213 e. The number of sulfonamides is 1. The maximum absolute atomic E-state index is 11.7. The number of aromatic nitrogens is 1. The molecule has 0 aliphatic carbocycles. The summed E-state index contributed by atoms with van der Waals surface area (Å²) in [5.74, 6) is 0.967. The van der Waals surface area contributed by atoms with Crippen molar-refractivity contribution in [3.63, 3.8) is 0 Å². The highest BCUT2D eigenvalue weighted by atomic mass is 32.2. The molecule has 138 valence electrons. The fourth-order valence-corrected chi connectivity index (χ4v) is 3.13. The molecule has 0 radical (unpaired) electrons. The summed E-state index contributed by atoms with van der Waals surface area (Å²) in [6, 6.07) is 4.11. The Labute approximate surface area is 146 Å². The molecule has 0 aromatic carbocycles. The van der Waals surface area contributed by atoms with E-state index in [9.17, 15) is 8.42 Å². The number of hydrogen-bond acceptors (Lipinski definition) is 3. The maximum Gasteiger partial charge on any atom is 0.213 e. The quantitative estimate of drug-likeness (QED) is 0.408. The standard InChI is InChI=1S/C16H31N5O2S/c1-6-17-16(20(4)14-15-10-8-12-19(15)3)18-11-9-13-21(5)24(22,23)7-2/h8,10,12H,6-7,9,11,13-14H2,1-5H3,(H,17,18). The van der Waals surface area contributed by atoms with Crippen LogP contribution in [-0.2, 0) is 23.6 Å². The van der Waals surface area contributed by atoms with Gasteiger partial charge in [0.2, 0.25) is 10.0 Å². The Bertz CT molecular complexity index is 624. The number of nitrogens with one attached hydrogen (secondary N) is 1. The molecule has 0 fully saturated rings. The molecule has 0 saturated heterocycles. The first-order valence-corrected chi connectivity index (χ1v) is 9.96. The molecule has 0 atom stereocenters. The molecule has 1 aromatic rings. The predicted octanol–water partition coefficient (Wildman–Crippen LogP) is 1.09. The Hall–Kier alpha value is -1.54. The van der Waals surface area contributed by atoms with Crippen molar-refractivity contribution >= 4 is 16.0 Å². The normalized spacial score (nSPS) is 12.7. The van der Waals surface area contributed by atoms with Crippen LogP contribution in [0.4, 0.5) is 0 Å². The minimum atomic E-state index is -3.11. The van der Waals surface area contributed by atoms with E-state index in [1.54, 1.807) is 14.0 Å². The van der Waals surface area contributed by atoms with Gasteiger partial charge in [-0.15, -0.1) is 0 Å². The molecule has 1 aromatic heterocycles. The van der Waals surface area contributed by atoms with Crippen molar-refractivity contribution in [1.82, 2.24) is 19.1 Å². The zero-order chi connectivity index (χ0) is 18.2. The molecule has 0 aliphatic rings. The third-order valence-electron chi connectivity index (χ3n) is 3.88. The number of hydrogen-bond donors (Lipinski definition) is 1. The monoisotopic (exact) mass is 357 g/mol. The topological polar surface area (TPSA) is 69.9 Å². The van der Waals surface area contributed by atoms with E-state index in [2.05, 4.69) is 25.8 Å². The molecule has 0 bridgehead atoms. The van der Waals surface area contributed by atoms with Gasteiger partial charge in [0.05, 0.1) is 12.3 Å². The molecule has 1 heterocycles. The molecule has 24 heavy (non-hydrogen) atoms. The molecule has 8 heteroatoms. The van der Waals surface area contributed by atoms with Gasteiger partial charge in [0.15, 0.2) is 5.96 Å². The van der Waals surface area contributed by atoms with Gasteiger partial charge in [0.25, 0.3) is 0 Å². The molecule has 7 nitrogen and oxygen atoms in total. The summed E-state index contributed by atoms with van der Waals surface area (Å²) in [7, 11) is 2.54. The SMILES string of the molecule is CCNC(=NCCCN(C)S(=O)(=O)CC)N(C)Cc1cccn1C. The van der Waals surface area contributed by atoms with Gasteiger partial charge >= 0.3 is 0 Å². The number of aliphatic imine (C=N–C) groups is 1. The van der Waals surface area contributed by atoms with E-state index in [0.717, 1.165) is 19.0 Å². The van der Waals surface area contributed by atoms with E-state index in [1.807, 2.05) is 33.3 Å². The largest absolute Gasteiger partial charge is 0.357 e. The van der Waals surface area contributed by atoms with Gasteiger partial charge in [-0.1, -0.05) is 0 Å². The van der Waals surface area contributed by atoms with Gasteiger partial charge < -0.3 is 14.8 Å². The van der Waals surface area contributed by atoms with E-state index < -0.39 is 10.0 Å². The fourth-order valence-electron chi connectivity index (χ4n) is 2.29. The van der Waals surface area contributed by atoms with Crippen molar-refractivity contribution in [3.05, 3.63) is 24.0 Å². The number of nitrogens with zero attached hydrogens (tertiary/aromatic N) is 4. The fraction of sp³-hybridized carbons (Fsp3) is 0.688. The van der Waals surface area contributed by atoms with Crippen LogP contribution in [0.5, 0.6) is 0 Å². The minimum Gasteiger partial charge on any atom is -0.357 e. The average Bonchev–Trinajstić information content (AvgIpc) is 2.94. The van der Waals surface area contributed by atoms with E-state index in [-0.39, 0.29) is 5.75 Å². The minimum absolute atomic E-state index is 0.134. The molecule has 0 spiro atoms. The zero-order valence-electron chi connectivity index (χ0n) is 15.5. The van der Waals surface area contributed by atoms with Gasteiger partial charge in [0, 0.05) is 52.7 Å². The third-order valence-corrected chi connectivity index (χ3v) is 5.74. The highest BCUT2D eigenvalue weighted by Crippen LogP contribution is 2.04. The maximum atomic E-state index is 11.7. The molecule has 0 aliphatic heterocycles. The molecule has 0 unspecified atom stereocenters. The molecule has 0 saturated carbocycles. The van der Waals surface area contributed by atoms with E-state index in [1.165, 1.54) is 10.00 Å². The lowest BCUT2D eigenvalue weighted by Gasteiger charge is -2.22. The van der Waals surface area contributed by atoms with Crippen molar-refractivity contribution in [3.8, 4) is 0 Å². The lowest BCUT2D eigenvalue weighted by Crippen LogP contribution is -2.39. The van der Waals surface area contributed by atoms with Crippen LogP contribution in [0, 0.1) is 0 Å². The Kier molecular flexibility index (Phi) is 8.27. The number of rotatable bonds is 9. The summed E-state index contributed by atoms with van der Waals surface area (Å²) in [5, 5.41) is 3.28. The second-order valence-corrected chi connectivity index (χ2v) is 8.14. The molecular weight excluding hydrogens is 326 g/mol. The number of guanidine groups is 1. The van der Waals surface area contributed by atoms with Crippen LogP contribution in [0.3, 0.4) is 0 Å². The van der Waals surface area contributed by atoms with Gasteiger partial charge in [-0.2, -0.15) is 0 Å².